The Morgan fingerprint density at radius 3 is 2.68 bits per heavy atom. The molecule has 2 rings (SSSR count). The van der Waals surface area contributed by atoms with Gasteiger partial charge in [0, 0.05) is 6.08 Å². The SMILES string of the molecule is O=C(O)CC1(NC(=O)C=Cc2ccc(Br)o2)CCC1. The Morgan fingerprint density at radius 2 is 2.21 bits per heavy atom. The Morgan fingerprint density at radius 1 is 1.47 bits per heavy atom. The minimum atomic E-state index is -0.890. The summed E-state index contributed by atoms with van der Waals surface area (Å²) >= 11 is 3.17. The van der Waals surface area contributed by atoms with Crippen molar-refractivity contribution in [2.75, 3.05) is 0 Å². The lowest BCUT2D eigenvalue weighted by Gasteiger charge is -2.41. The molecule has 2 N–H and O–H groups in total. The van der Waals surface area contributed by atoms with E-state index in [1.807, 2.05) is 0 Å². The number of amides is 1. The quantitative estimate of drug-likeness (QED) is 0.814. The van der Waals surface area contributed by atoms with Crippen molar-refractivity contribution in [3.05, 3.63) is 28.6 Å². The van der Waals surface area contributed by atoms with Crippen molar-refractivity contribution in [3.8, 4) is 0 Å². The van der Waals surface area contributed by atoms with Crippen LogP contribution in [-0.4, -0.2) is 22.5 Å². The summed E-state index contributed by atoms with van der Waals surface area (Å²) < 4.78 is 5.82. The van der Waals surface area contributed by atoms with E-state index in [1.54, 1.807) is 18.2 Å². The molecule has 102 valence electrons. The summed E-state index contributed by atoms with van der Waals surface area (Å²) in [6, 6.07) is 3.46. The van der Waals surface area contributed by atoms with E-state index >= 15 is 0 Å². The van der Waals surface area contributed by atoms with Gasteiger partial charge in [0.15, 0.2) is 4.67 Å². The molecule has 0 atom stereocenters. The van der Waals surface area contributed by atoms with Crippen molar-refractivity contribution in [2.24, 2.45) is 0 Å². The van der Waals surface area contributed by atoms with Crippen molar-refractivity contribution in [2.45, 2.75) is 31.2 Å². The lowest BCUT2D eigenvalue weighted by Crippen LogP contribution is -2.54. The molecule has 0 spiro atoms. The second-order valence-electron chi connectivity index (χ2n) is 4.67. The van der Waals surface area contributed by atoms with E-state index in [2.05, 4.69) is 21.2 Å². The highest BCUT2D eigenvalue weighted by Gasteiger charge is 2.39. The van der Waals surface area contributed by atoms with Crippen LogP contribution in [0.2, 0.25) is 0 Å². The van der Waals surface area contributed by atoms with Gasteiger partial charge in [-0.15, -0.1) is 0 Å². The molecule has 19 heavy (non-hydrogen) atoms. The van der Waals surface area contributed by atoms with Gasteiger partial charge in [-0.05, 0) is 53.4 Å². The van der Waals surface area contributed by atoms with Crippen molar-refractivity contribution >= 4 is 33.9 Å². The highest BCUT2D eigenvalue weighted by Crippen LogP contribution is 2.34. The van der Waals surface area contributed by atoms with E-state index in [1.165, 1.54) is 6.08 Å². The number of aliphatic carboxylic acids is 1. The van der Waals surface area contributed by atoms with Crippen molar-refractivity contribution < 1.29 is 19.1 Å². The van der Waals surface area contributed by atoms with E-state index in [4.69, 9.17) is 9.52 Å². The van der Waals surface area contributed by atoms with Gasteiger partial charge in [0.2, 0.25) is 5.91 Å². The number of furan rings is 1. The molecule has 1 aliphatic rings. The zero-order valence-electron chi connectivity index (χ0n) is 10.2. The van der Waals surface area contributed by atoms with Crippen LogP contribution in [0.5, 0.6) is 0 Å². The van der Waals surface area contributed by atoms with Crippen molar-refractivity contribution in [1.29, 1.82) is 0 Å². The molecule has 1 heterocycles. The summed E-state index contributed by atoms with van der Waals surface area (Å²) in [4.78, 5) is 22.6. The Kier molecular flexibility index (Phi) is 4.09. The predicted octanol–water partition coefficient (Wildman–Crippen LogP) is 2.57. The number of carboxylic acid groups (broad SMARTS) is 1. The van der Waals surface area contributed by atoms with Crippen LogP contribution < -0.4 is 5.32 Å². The standard InChI is InChI=1S/C13H14BrNO4/c14-10-4-2-9(19-10)3-5-11(16)15-13(6-1-7-13)8-12(17)18/h2-5H,1,6-8H2,(H,15,16)(H,17,18). The number of carbonyl (C=O) groups excluding carboxylic acids is 1. The van der Waals surface area contributed by atoms with Gasteiger partial charge in [-0.2, -0.15) is 0 Å². The molecular weight excluding hydrogens is 314 g/mol. The molecule has 0 radical (unpaired) electrons. The van der Waals surface area contributed by atoms with Crippen LogP contribution in [0.1, 0.15) is 31.4 Å². The monoisotopic (exact) mass is 327 g/mol. The van der Waals surface area contributed by atoms with E-state index in [-0.39, 0.29) is 12.3 Å². The molecule has 6 heteroatoms. The maximum Gasteiger partial charge on any atom is 0.305 e. The predicted molar refractivity (Wildman–Crippen MR) is 72.4 cm³/mol. The summed E-state index contributed by atoms with van der Waals surface area (Å²) in [6.45, 7) is 0. The lowest BCUT2D eigenvalue weighted by molar-refractivity contribution is -0.140. The largest absolute Gasteiger partial charge is 0.481 e. The maximum absolute atomic E-state index is 11.8. The normalized spacial score (nSPS) is 17.1. The number of rotatable bonds is 5. The molecule has 1 amide bonds. The van der Waals surface area contributed by atoms with Gasteiger partial charge in [0.25, 0.3) is 0 Å². The van der Waals surface area contributed by atoms with Crippen LogP contribution >= 0.6 is 15.9 Å². The molecular formula is C13H14BrNO4. The van der Waals surface area contributed by atoms with Gasteiger partial charge in [-0.1, -0.05) is 0 Å². The topological polar surface area (TPSA) is 79.5 Å². The summed E-state index contributed by atoms with van der Waals surface area (Å²) in [5.41, 5.74) is -0.572. The van der Waals surface area contributed by atoms with E-state index in [9.17, 15) is 9.59 Å². The fourth-order valence-electron chi connectivity index (χ4n) is 2.12. The second kappa shape index (κ2) is 5.61. The molecule has 0 saturated heterocycles. The molecule has 0 unspecified atom stereocenters. The summed E-state index contributed by atoms with van der Waals surface area (Å²) in [7, 11) is 0. The number of carbonyl (C=O) groups is 2. The first-order valence-electron chi connectivity index (χ1n) is 5.96. The zero-order chi connectivity index (χ0) is 13.9. The molecule has 0 aliphatic heterocycles. The molecule has 1 fully saturated rings. The van der Waals surface area contributed by atoms with Crippen molar-refractivity contribution in [1.82, 2.24) is 5.32 Å². The minimum absolute atomic E-state index is 0.0289. The molecule has 1 aliphatic carbocycles. The summed E-state index contributed by atoms with van der Waals surface area (Å²) in [5, 5.41) is 11.6. The smallest absolute Gasteiger partial charge is 0.305 e. The van der Waals surface area contributed by atoms with Crippen LogP contribution in [0, 0.1) is 0 Å². The third kappa shape index (κ3) is 3.70. The maximum atomic E-state index is 11.8. The van der Waals surface area contributed by atoms with E-state index in [0.29, 0.717) is 23.3 Å². The Bertz CT molecular complexity index is 516. The third-order valence-corrected chi connectivity index (χ3v) is 3.61. The Hall–Kier alpha value is -1.56. The number of hydrogen-bond acceptors (Lipinski definition) is 3. The zero-order valence-corrected chi connectivity index (χ0v) is 11.8. The van der Waals surface area contributed by atoms with Crippen LogP contribution in [0.15, 0.2) is 27.3 Å². The average Bonchev–Trinajstić information content (AvgIpc) is 2.69. The number of carboxylic acids is 1. The van der Waals surface area contributed by atoms with E-state index < -0.39 is 11.5 Å². The Balaban J connectivity index is 1.93. The molecule has 5 nitrogen and oxygen atoms in total. The highest BCUT2D eigenvalue weighted by atomic mass is 79.9. The van der Waals surface area contributed by atoms with Gasteiger partial charge in [-0.25, -0.2) is 0 Å². The fraction of sp³-hybridized carbons (Fsp3) is 0.385. The third-order valence-electron chi connectivity index (χ3n) is 3.18. The van der Waals surface area contributed by atoms with Gasteiger partial charge in [0.05, 0.1) is 12.0 Å². The van der Waals surface area contributed by atoms with Gasteiger partial charge in [-0.3, -0.25) is 9.59 Å². The molecule has 0 aromatic carbocycles. The molecule has 0 bridgehead atoms. The van der Waals surface area contributed by atoms with Gasteiger partial charge >= 0.3 is 5.97 Å². The number of nitrogens with one attached hydrogen (secondary N) is 1. The Labute approximate surface area is 118 Å². The number of halogens is 1. The van der Waals surface area contributed by atoms with Crippen LogP contribution in [0.3, 0.4) is 0 Å². The highest BCUT2D eigenvalue weighted by molar-refractivity contribution is 9.10. The van der Waals surface area contributed by atoms with E-state index in [0.717, 1.165) is 6.42 Å². The van der Waals surface area contributed by atoms with Crippen LogP contribution in [0.25, 0.3) is 6.08 Å². The number of hydrogen-bond donors (Lipinski definition) is 2. The molecule has 1 saturated carbocycles. The lowest BCUT2D eigenvalue weighted by atomic mass is 9.74. The first-order valence-corrected chi connectivity index (χ1v) is 6.76. The summed E-state index contributed by atoms with van der Waals surface area (Å²) in [6.07, 6.45) is 5.25. The van der Waals surface area contributed by atoms with Crippen LogP contribution in [0.4, 0.5) is 0 Å². The fourth-order valence-corrected chi connectivity index (χ4v) is 2.44. The van der Waals surface area contributed by atoms with Crippen LogP contribution in [-0.2, 0) is 9.59 Å². The second-order valence-corrected chi connectivity index (χ2v) is 5.45. The minimum Gasteiger partial charge on any atom is -0.481 e. The first kappa shape index (κ1) is 13.9. The van der Waals surface area contributed by atoms with Crippen molar-refractivity contribution in [3.63, 3.8) is 0 Å². The summed E-state index contributed by atoms with van der Waals surface area (Å²) in [5.74, 6) is -0.629. The van der Waals surface area contributed by atoms with Gasteiger partial charge < -0.3 is 14.8 Å². The molecule has 1 aromatic rings. The molecule has 1 aromatic heterocycles. The average molecular weight is 328 g/mol. The van der Waals surface area contributed by atoms with Gasteiger partial charge in [0.1, 0.15) is 5.76 Å². The first-order chi connectivity index (χ1) is 8.99.